The van der Waals surface area contributed by atoms with Gasteiger partial charge in [0, 0.05) is 19.0 Å². The SMILES string of the molecule is CC(C)Cc1ccc(CN[C@H](C)CC(N)=O)cc1. The van der Waals surface area contributed by atoms with Crippen LogP contribution in [0.5, 0.6) is 0 Å². The number of primary amides is 1. The Morgan fingerprint density at radius 2 is 1.72 bits per heavy atom. The molecule has 0 aliphatic carbocycles. The first-order chi connectivity index (χ1) is 8.47. The Balaban J connectivity index is 2.41. The highest BCUT2D eigenvalue weighted by atomic mass is 16.1. The number of carbonyl (C=O) groups is 1. The minimum atomic E-state index is -0.262. The third kappa shape index (κ3) is 5.82. The lowest BCUT2D eigenvalue weighted by molar-refractivity contribution is -0.118. The number of rotatable bonds is 7. The van der Waals surface area contributed by atoms with E-state index in [2.05, 4.69) is 43.4 Å². The molecule has 0 fully saturated rings. The van der Waals surface area contributed by atoms with Crippen LogP contribution in [0.25, 0.3) is 0 Å². The van der Waals surface area contributed by atoms with Crippen LogP contribution >= 0.6 is 0 Å². The van der Waals surface area contributed by atoms with Gasteiger partial charge in [-0.25, -0.2) is 0 Å². The molecule has 0 bridgehead atoms. The predicted octanol–water partition coefficient (Wildman–Crippen LogP) is 2.24. The second-order valence-electron chi connectivity index (χ2n) is 5.37. The highest BCUT2D eigenvalue weighted by molar-refractivity contribution is 5.74. The Kier molecular flexibility index (Phi) is 5.86. The first-order valence-corrected chi connectivity index (χ1v) is 6.57. The Labute approximate surface area is 110 Å². The Morgan fingerprint density at radius 3 is 2.22 bits per heavy atom. The van der Waals surface area contributed by atoms with Gasteiger partial charge >= 0.3 is 0 Å². The molecule has 0 saturated carbocycles. The number of carbonyl (C=O) groups excluding carboxylic acids is 1. The van der Waals surface area contributed by atoms with Crippen molar-refractivity contribution >= 4 is 5.91 Å². The second kappa shape index (κ2) is 7.17. The van der Waals surface area contributed by atoms with E-state index < -0.39 is 0 Å². The van der Waals surface area contributed by atoms with Crippen molar-refractivity contribution in [2.24, 2.45) is 11.7 Å². The summed E-state index contributed by atoms with van der Waals surface area (Å²) in [6, 6.07) is 8.76. The summed E-state index contributed by atoms with van der Waals surface area (Å²) in [6.07, 6.45) is 1.50. The summed E-state index contributed by atoms with van der Waals surface area (Å²) in [4.78, 5) is 10.8. The maximum atomic E-state index is 10.8. The van der Waals surface area contributed by atoms with E-state index in [9.17, 15) is 4.79 Å². The summed E-state index contributed by atoms with van der Waals surface area (Å²) in [5.41, 5.74) is 7.76. The first kappa shape index (κ1) is 14.7. The van der Waals surface area contributed by atoms with E-state index in [1.165, 1.54) is 11.1 Å². The molecule has 1 aromatic rings. The first-order valence-electron chi connectivity index (χ1n) is 6.57. The summed E-state index contributed by atoms with van der Waals surface area (Å²) >= 11 is 0. The number of nitrogens with one attached hydrogen (secondary N) is 1. The smallest absolute Gasteiger partial charge is 0.218 e. The fourth-order valence-corrected chi connectivity index (χ4v) is 1.93. The van der Waals surface area contributed by atoms with Gasteiger partial charge in [-0.2, -0.15) is 0 Å². The molecule has 0 aliphatic heterocycles. The van der Waals surface area contributed by atoms with Gasteiger partial charge in [-0.1, -0.05) is 38.1 Å². The van der Waals surface area contributed by atoms with Gasteiger partial charge < -0.3 is 11.1 Å². The van der Waals surface area contributed by atoms with Crippen molar-refractivity contribution in [2.45, 2.75) is 46.2 Å². The standard InChI is InChI=1S/C15H24N2O/c1-11(2)8-13-4-6-14(7-5-13)10-17-12(3)9-15(16)18/h4-7,11-12,17H,8-10H2,1-3H3,(H2,16,18)/t12-/m1/s1. The summed E-state index contributed by atoms with van der Waals surface area (Å²) in [6.45, 7) is 7.19. The van der Waals surface area contributed by atoms with Gasteiger partial charge in [0.2, 0.25) is 5.91 Å². The van der Waals surface area contributed by atoms with Gasteiger partial charge in [0.1, 0.15) is 0 Å². The Hall–Kier alpha value is -1.35. The molecule has 18 heavy (non-hydrogen) atoms. The van der Waals surface area contributed by atoms with Crippen LogP contribution in [0.3, 0.4) is 0 Å². The van der Waals surface area contributed by atoms with Crippen molar-refractivity contribution in [3.63, 3.8) is 0 Å². The van der Waals surface area contributed by atoms with Crippen molar-refractivity contribution in [3.8, 4) is 0 Å². The lowest BCUT2D eigenvalue weighted by Gasteiger charge is -2.12. The number of nitrogens with two attached hydrogens (primary N) is 1. The van der Waals surface area contributed by atoms with Gasteiger partial charge in [0.15, 0.2) is 0 Å². The van der Waals surface area contributed by atoms with E-state index in [1.54, 1.807) is 0 Å². The molecule has 3 N–H and O–H groups in total. The molecule has 0 aromatic heterocycles. The zero-order chi connectivity index (χ0) is 13.5. The van der Waals surface area contributed by atoms with E-state index in [0.717, 1.165) is 13.0 Å². The molecule has 0 aliphatic rings. The quantitative estimate of drug-likeness (QED) is 0.777. The molecule has 0 heterocycles. The molecule has 1 aromatic carbocycles. The van der Waals surface area contributed by atoms with Gasteiger partial charge in [0.25, 0.3) is 0 Å². The van der Waals surface area contributed by atoms with Gasteiger partial charge in [-0.3, -0.25) is 4.79 Å². The molecule has 0 spiro atoms. The van der Waals surface area contributed by atoms with Crippen molar-refractivity contribution in [1.29, 1.82) is 0 Å². The highest BCUT2D eigenvalue weighted by Gasteiger charge is 2.05. The van der Waals surface area contributed by atoms with Crippen LogP contribution in [0.15, 0.2) is 24.3 Å². The van der Waals surface area contributed by atoms with E-state index in [4.69, 9.17) is 5.73 Å². The van der Waals surface area contributed by atoms with Crippen LogP contribution in [0.1, 0.15) is 38.3 Å². The number of hydrogen-bond acceptors (Lipinski definition) is 2. The summed E-state index contributed by atoms with van der Waals surface area (Å²) in [5.74, 6) is 0.423. The number of amides is 1. The molecule has 3 heteroatoms. The van der Waals surface area contributed by atoms with Crippen LogP contribution in [0, 0.1) is 5.92 Å². The molecule has 0 radical (unpaired) electrons. The van der Waals surface area contributed by atoms with Crippen LogP contribution in [-0.2, 0) is 17.8 Å². The minimum absolute atomic E-state index is 0.123. The van der Waals surface area contributed by atoms with E-state index in [-0.39, 0.29) is 11.9 Å². The van der Waals surface area contributed by atoms with Gasteiger partial charge in [0.05, 0.1) is 0 Å². The fraction of sp³-hybridized carbons (Fsp3) is 0.533. The summed E-state index contributed by atoms with van der Waals surface area (Å²) in [7, 11) is 0. The molecule has 1 rings (SSSR count). The third-order valence-corrected chi connectivity index (χ3v) is 2.83. The number of hydrogen-bond donors (Lipinski definition) is 2. The van der Waals surface area contributed by atoms with Crippen molar-refractivity contribution in [1.82, 2.24) is 5.32 Å². The predicted molar refractivity (Wildman–Crippen MR) is 75.1 cm³/mol. The van der Waals surface area contributed by atoms with Crippen molar-refractivity contribution in [2.75, 3.05) is 0 Å². The van der Waals surface area contributed by atoms with Crippen LogP contribution in [0.2, 0.25) is 0 Å². The molecule has 0 saturated heterocycles. The Bertz CT molecular complexity index is 371. The van der Waals surface area contributed by atoms with Crippen LogP contribution in [0.4, 0.5) is 0 Å². The van der Waals surface area contributed by atoms with Crippen molar-refractivity contribution in [3.05, 3.63) is 35.4 Å². The lowest BCUT2D eigenvalue weighted by Crippen LogP contribution is -2.30. The third-order valence-electron chi connectivity index (χ3n) is 2.83. The second-order valence-corrected chi connectivity index (χ2v) is 5.37. The van der Waals surface area contributed by atoms with Crippen molar-refractivity contribution < 1.29 is 4.79 Å². The summed E-state index contributed by atoms with van der Waals surface area (Å²) in [5, 5.41) is 3.29. The zero-order valence-corrected chi connectivity index (χ0v) is 11.6. The molecule has 3 nitrogen and oxygen atoms in total. The topological polar surface area (TPSA) is 55.1 Å². The minimum Gasteiger partial charge on any atom is -0.370 e. The number of benzene rings is 1. The molecule has 0 unspecified atom stereocenters. The van der Waals surface area contributed by atoms with Gasteiger partial charge in [-0.05, 0) is 30.4 Å². The highest BCUT2D eigenvalue weighted by Crippen LogP contribution is 2.10. The summed E-state index contributed by atoms with van der Waals surface area (Å²) < 4.78 is 0. The molecular weight excluding hydrogens is 224 g/mol. The van der Waals surface area contributed by atoms with Crippen LogP contribution in [-0.4, -0.2) is 11.9 Å². The molecule has 1 amide bonds. The lowest BCUT2D eigenvalue weighted by atomic mass is 10.0. The van der Waals surface area contributed by atoms with E-state index >= 15 is 0 Å². The molecule has 1 atom stereocenters. The normalized spacial score (nSPS) is 12.7. The van der Waals surface area contributed by atoms with Crippen LogP contribution < -0.4 is 11.1 Å². The Morgan fingerprint density at radius 1 is 1.17 bits per heavy atom. The maximum Gasteiger partial charge on any atom is 0.218 e. The zero-order valence-electron chi connectivity index (χ0n) is 11.6. The van der Waals surface area contributed by atoms with E-state index in [1.807, 2.05) is 6.92 Å². The van der Waals surface area contributed by atoms with E-state index in [0.29, 0.717) is 12.3 Å². The average molecular weight is 248 g/mol. The molecule has 100 valence electrons. The molecular formula is C15H24N2O. The monoisotopic (exact) mass is 248 g/mol. The largest absolute Gasteiger partial charge is 0.370 e. The fourth-order valence-electron chi connectivity index (χ4n) is 1.93. The van der Waals surface area contributed by atoms with Gasteiger partial charge in [-0.15, -0.1) is 0 Å². The average Bonchev–Trinajstić information content (AvgIpc) is 2.26. The maximum absolute atomic E-state index is 10.8.